The summed E-state index contributed by atoms with van der Waals surface area (Å²) >= 11 is 0. The van der Waals surface area contributed by atoms with Gasteiger partial charge in [0, 0.05) is 63.2 Å². The number of amides is 4. The minimum absolute atomic E-state index is 0.0393. The zero-order valence-electron chi connectivity index (χ0n) is 17.4. The quantitative estimate of drug-likeness (QED) is 0.835. The highest BCUT2D eigenvalue weighted by Crippen LogP contribution is 2.28. The zero-order valence-corrected chi connectivity index (χ0v) is 17.4. The van der Waals surface area contributed by atoms with E-state index < -0.39 is 6.03 Å². The van der Waals surface area contributed by atoms with E-state index >= 15 is 0 Å². The Kier molecular flexibility index (Phi) is 5.67. The molecule has 0 atom stereocenters. The largest absolute Gasteiger partial charge is 0.340 e. The van der Waals surface area contributed by atoms with Crippen molar-refractivity contribution in [3.8, 4) is 0 Å². The maximum Gasteiger partial charge on any atom is 0.328 e. The summed E-state index contributed by atoms with van der Waals surface area (Å²) in [7, 11) is 0. The van der Waals surface area contributed by atoms with E-state index in [-0.39, 0.29) is 17.7 Å². The number of anilines is 1. The summed E-state index contributed by atoms with van der Waals surface area (Å²) in [6.45, 7) is 8.27. The third-order valence-corrected chi connectivity index (χ3v) is 5.71. The van der Waals surface area contributed by atoms with E-state index in [0.717, 1.165) is 54.9 Å². The third-order valence-electron chi connectivity index (χ3n) is 5.71. The van der Waals surface area contributed by atoms with Crippen LogP contribution in [-0.2, 0) is 16.1 Å². The second kappa shape index (κ2) is 8.39. The van der Waals surface area contributed by atoms with Gasteiger partial charge in [0.15, 0.2) is 0 Å². The molecule has 4 amide bonds. The topological polar surface area (TPSA) is 85.9 Å². The van der Waals surface area contributed by atoms with Crippen molar-refractivity contribution in [2.24, 2.45) is 5.92 Å². The van der Waals surface area contributed by atoms with Crippen LogP contribution in [0.1, 0.15) is 25.8 Å². The number of hydrogen-bond donors (Lipinski definition) is 1. The van der Waals surface area contributed by atoms with Crippen molar-refractivity contribution in [3.63, 3.8) is 0 Å². The average molecular weight is 409 g/mol. The van der Waals surface area contributed by atoms with Crippen molar-refractivity contribution < 1.29 is 14.4 Å². The van der Waals surface area contributed by atoms with Crippen molar-refractivity contribution in [1.82, 2.24) is 20.1 Å². The normalized spacial score (nSPS) is 18.2. The molecule has 1 aromatic heterocycles. The first-order chi connectivity index (χ1) is 14.4. The Morgan fingerprint density at radius 2 is 1.87 bits per heavy atom. The first-order valence-corrected chi connectivity index (χ1v) is 10.4. The summed E-state index contributed by atoms with van der Waals surface area (Å²) in [5.74, 6) is 0.0186. The lowest BCUT2D eigenvalue weighted by molar-refractivity contribution is -0.136. The minimum Gasteiger partial charge on any atom is -0.340 e. The van der Waals surface area contributed by atoms with Gasteiger partial charge in [-0.25, -0.2) is 4.79 Å². The Balaban J connectivity index is 1.47. The van der Waals surface area contributed by atoms with E-state index in [2.05, 4.69) is 27.3 Å². The highest BCUT2D eigenvalue weighted by Gasteiger charge is 2.26. The van der Waals surface area contributed by atoms with Crippen molar-refractivity contribution >= 4 is 34.4 Å². The van der Waals surface area contributed by atoms with Crippen LogP contribution in [0.3, 0.4) is 0 Å². The van der Waals surface area contributed by atoms with Crippen LogP contribution in [0.25, 0.3) is 10.9 Å². The predicted octanol–water partition coefficient (Wildman–Crippen LogP) is 1.98. The number of nitrogens with one attached hydrogen (secondary N) is 1. The Morgan fingerprint density at radius 1 is 1.10 bits per heavy atom. The molecule has 0 radical (unpaired) electrons. The molecule has 158 valence electrons. The van der Waals surface area contributed by atoms with Crippen LogP contribution in [0, 0.1) is 5.92 Å². The number of urea groups is 1. The highest BCUT2D eigenvalue weighted by molar-refractivity contribution is 6.09. The van der Waals surface area contributed by atoms with Crippen molar-refractivity contribution in [2.75, 3.05) is 37.6 Å². The van der Waals surface area contributed by atoms with E-state index in [1.165, 1.54) is 0 Å². The molecule has 2 aliphatic heterocycles. The van der Waals surface area contributed by atoms with Gasteiger partial charge in [-0.3, -0.25) is 29.7 Å². The maximum absolute atomic E-state index is 12.2. The molecular formula is C22H27N5O3. The number of aromatic nitrogens is 1. The first-order valence-electron chi connectivity index (χ1n) is 10.4. The summed E-state index contributed by atoms with van der Waals surface area (Å²) < 4.78 is 0. The van der Waals surface area contributed by atoms with Crippen LogP contribution >= 0.6 is 0 Å². The van der Waals surface area contributed by atoms with Crippen molar-refractivity contribution in [1.29, 1.82) is 0 Å². The Morgan fingerprint density at radius 3 is 2.57 bits per heavy atom. The summed E-state index contributed by atoms with van der Waals surface area (Å²) in [5, 5.41) is 3.26. The Hall–Kier alpha value is -3.00. The molecule has 3 heterocycles. The van der Waals surface area contributed by atoms with Gasteiger partial charge in [0.1, 0.15) is 0 Å². The predicted molar refractivity (Wildman–Crippen MR) is 114 cm³/mol. The van der Waals surface area contributed by atoms with Crippen LogP contribution in [-0.4, -0.2) is 65.4 Å². The zero-order chi connectivity index (χ0) is 21.3. The van der Waals surface area contributed by atoms with Gasteiger partial charge >= 0.3 is 6.03 Å². The van der Waals surface area contributed by atoms with Crippen LogP contribution < -0.4 is 10.2 Å². The number of benzene rings is 1. The standard InChI is InChI=1S/C22H27N5O3/c1-15(2)21(29)26-11-9-25(10-12-26)14-16-3-4-17-18(13-16)23-7-5-19(17)27-8-6-20(28)24-22(27)30/h3-5,7,13,15H,6,8-12,14H2,1-2H3,(H,24,28,30). The van der Waals surface area contributed by atoms with Gasteiger partial charge in [-0.1, -0.05) is 26.0 Å². The molecule has 4 rings (SSSR count). The van der Waals surface area contributed by atoms with Gasteiger partial charge in [-0.2, -0.15) is 0 Å². The van der Waals surface area contributed by atoms with Crippen molar-refractivity contribution in [2.45, 2.75) is 26.8 Å². The molecule has 1 N–H and O–H groups in total. The van der Waals surface area contributed by atoms with E-state index in [9.17, 15) is 14.4 Å². The molecule has 0 spiro atoms. The lowest BCUT2D eigenvalue weighted by Gasteiger charge is -2.35. The fraction of sp³-hybridized carbons (Fsp3) is 0.455. The second-order valence-corrected chi connectivity index (χ2v) is 8.19. The number of nitrogens with zero attached hydrogens (tertiary/aromatic N) is 4. The molecule has 0 unspecified atom stereocenters. The van der Waals surface area contributed by atoms with E-state index in [4.69, 9.17) is 0 Å². The van der Waals surface area contributed by atoms with Gasteiger partial charge in [0.25, 0.3) is 0 Å². The van der Waals surface area contributed by atoms with Gasteiger partial charge in [0.05, 0.1) is 11.2 Å². The third kappa shape index (κ3) is 4.14. The summed E-state index contributed by atoms with van der Waals surface area (Å²) in [6, 6.07) is 7.53. The van der Waals surface area contributed by atoms with E-state index in [1.807, 2.05) is 30.9 Å². The molecule has 2 fully saturated rings. The smallest absolute Gasteiger partial charge is 0.328 e. The fourth-order valence-corrected chi connectivity index (χ4v) is 4.06. The molecule has 0 saturated carbocycles. The van der Waals surface area contributed by atoms with Gasteiger partial charge in [-0.05, 0) is 17.7 Å². The number of hydrogen-bond acceptors (Lipinski definition) is 5. The van der Waals surface area contributed by atoms with Crippen LogP contribution in [0.2, 0.25) is 0 Å². The summed E-state index contributed by atoms with van der Waals surface area (Å²) in [5.41, 5.74) is 2.73. The van der Waals surface area contributed by atoms with E-state index in [1.54, 1.807) is 11.1 Å². The number of pyridine rings is 1. The lowest BCUT2D eigenvalue weighted by Crippen LogP contribution is -2.49. The van der Waals surface area contributed by atoms with Gasteiger partial charge < -0.3 is 4.90 Å². The van der Waals surface area contributed by atoms with Gasteiger partial charge in [-0.15, -0.1) is 0 Å². The minimum atomic E-state index is -0.392. The molecule has 2 aliphatic rings. The molecular weight excluding hydrogens is 382 g/mol. The number of rotatable bonds is 4. The number of carbonyl (C=O) groups is 3. The lowest BCUT2D eigenvalue weighted by atomic mass is 10.1. The Bertz CT molecular complexity index is 982. The molecule has 2 aromatic rings. The van der Waals surface area contributed by atoms with Crippen molar-refractivity contribution in [3.05, 3.63) is 36.0 Å². The first kappa shape index (κ1) is 20.3. The van der Waals surface area contributed by atoms with E-state index in [0.29, 0.717) is 13.0 Å². The molecule has 1 aromatic carbocycles. The highest BCUT2D eigenvalue weighted by atomic mass is 16.2. The number of piperazine rings is 1. The molecule has 8 nitrogen and oxygen atoms in total. The average Bonchev–Trinajstić information content (AvgIpc) is 2.73. The van der Waals surface area contributed by atoms with Gasteiger partial charge in [0.2, 0.25) is 11.8 Å². The molecule has 0 aliphatic carbocycles. The number of fused-ring (bicyclic) bond motifs is 1. The Labute approximate surface area is 175 Å². The van der Waals surface area contributed by atoms with Crippen LogP contribution in [0.4, 0.5) is 10.5 Å². The summed E-state index contributed by atoms with van der Waals surface area (Å²) in [4.78, 5) is 46.2. The molecule has 30 heavy (non-hydrogen) atoms. The van der Waals surface area contributed by atoms with Crippen LogP contribution in [0.5, 0.6) is 0 Å². The second-order valence-electron chi connectivity index (χ2n) is 8.19. The molecule has 2 saturated heterocycles. The molecule has 8 heteroatoms. The fourth-order valence-electron chi connectivity index (χ4n) is 4.06. The summed E-state index contributed by atoms with van der Waals surface area (Å²) in [6.07, 6.45) is 1.99. The van der Waals surface area contributed by atoms with Crippen LogP contribution in [0.15, 0.2) is 30.5 Å². The molecule has 0 bridgehead atoms. The monoisotopic (exact) mass is 409 g/mol. The SMILES string of the molecule is CC(C)C(=O)N1CCN(Cc2ccc3c(N4CCC(=O)NC4=O)ccnc3c2)CC1. The number of imide groups is 1. The number of carbonyl (C=O) groups excluding carboxylic acids is 3. The maximum atomic E-state index is 12.2.